The summed E-state index contributed by atoms with van der Waals surface area (Å²) in [5.41, 5.74) is 3.50. The van der Waals surface area contributed by atoms with Crippen LogP contribution in [0.25, 0.3) is 0 Å². The molecule has 2 amide bonds. The molecule has 0 aliphatic carbocycles. The fourth-order valence-corrected chi connectivity index (χ4v) is 5.98. The standard InChI is InChI=1S/C35H39N3O5S/c1-3-37-44(41,42)32-21-16-28(17-22-32)18-23-33(39)38(26-29-14-19-31(43-2)20-15-29)34(30-12-8-5-9-13-30)35(40)36-25-24-27-10-6-4-7-11-27/h4-17,19-22,34,37H,3,18,23-26H2,1-2H3,(H,36,40)/t34-/m0/s1. The molecule has 0 aliphatic rings. The first-order valence-corrected chi connectivity index (χ1v) is 16.2. The highest BCUT2D eigenvalue weighted by molar-refractivity contribution is 7.89. The van der Waals surface area contributed by atoms with Gasteiger partial charge in [0.05, 0.1) is 12.0 Å². The number of hydrogen-bond acceptors (Lipinski definition) is 5. The van der Waals surface area contributed by atoms with E-state index in [0.717, 1.165) is 16.7 Å². The molecule has 0 aromatic heterocycles. The first-order valence-electron chi connectivity index (χ1n) is 14.7. The van der Waals surface area contributed by atoms with Crippen molar-refractivity contribution < 1.29 is 22.7 Å². The third-order valence-electron chi connectivity index (χ3n) is 7.26. The summed E-state index contributed by atoms with van der Waals surface area (Å²) >= 11 is 0. The summed E-state index contributed by atoms with van der Waals surface area (Å²) in [6.07, 6.45) is 1.19. The predicted molar refractivity (Wildman–Crippen MR) is 172 cm³/mol. The summed E-state index contributed by atoms with van der Waals surface area (Å²) in [5.74, 6) is 0.244. The van der Waals surface area contributed by atoms with Crippen LogP contribution in [0.5, 0.6) is 5.75 Å². The lowest BCUT2D eigenvalue weighted by atomic mass is 10.0. The normalized spacial score (nSPS) is 11.9. The minimum atomic E-state index is -3.57. The maximum absolute atomic E-state index is 14.0. The molecule has 44 heavy (non-hydrogen) atoms. The van der Waals surface area contributed by atoms with E-state index in [1.54, 1.807) is 43.2 Å². The van der Waals surface area contributed by atoms with Gasteiger partial charge in [-0.25, -0.2) is 13.1 Å². The predicted octanol–water partition coefficient (Wildman–Crippen LogP) is 5.06. The van der Waals surface area contributed by atoms with Crippen molar-refractivity contribution in [3.05, 3.63) is 131 Å². The molecule has 0 saturated heterocycles. The second-order valence-electron chi connectivity index (χ2n) is 10.4. The van der Waals surface area contributed by atoms with Crippen LogP contribution >= 0.6 is 0 Å². The van der Waals surface area contributed by atoms with Crippen molar-refractivity contribution in [2.75, 3.05) is 20.2 Å². The first-order chi connectivity index (χ1) is 21.3. The van der Waals surface area contributed by atoms with Crippen LogP contribution in [0, 0.1) is 0 Å². The van der Waals surface area contributed by atoms with Crippen molar-refractivity contribution in [3.63, 3.8) is 0 Å². The minimum Gasteiger partial charge on any atom is -0.497 e. The second-order valence-corrected chi connectivity index (χ2v) is 12.1. The van der Waals surface area contributed by atoms with E-state index in [-0.39, 0.29) is 29.7 Å². The van der Waals surface area contributed by atoms with Crippen molar-refractivity contribution in [3.8, 4) is 5.75 Å². The lowest BCUT2D eigenvalue weighted by molar-refractivity contribution is -0.141. The summed E-state index contributed by atoms with van der Waals surface area (Å²) in [4.78, 5) is 29.6. The number of hydrogen-bond donors (Lipinski definition) is 2. The van der Waals surface area contributed by atoms with Crippen LogP contribution in [-0.4, -0.2) is 45.3 Å². The Morgan fingerprint density at radius 1 is 0.773 bits per heavy atom. The van der Waals surface area contributed by atoms with E-state index in [1.165, 1.54) is 0 Å². The Morgan fingerprint density at radius 3 is 1.98 bits per heavy atom. The molecule has 0 spiro atoms. The molecule has 0 fully saturated rings. The maximum Gasteiger partial charge on any atom is 0.247 e. The van der Waals surface area contributed by atoms with E-state index in [9.17, 15) is 18.0 Å². The molecular formula is C35H39N3O5S. The molecule has 0 radical (unpaired) electrons. The van der Waals surface area contributed by atoms with Crippen LogP contribution in [0.3, 0.4) is 0 Å². The number of sulfonamides is 1. The SMILES string of the molecule is CCNS(=O)(=O)c1ccc(CCC(=O)N(Cc2ccc(OC)cc2)[C@H](C(=O)NCCc2ccccc2)c2ccccc2)cc1. The van der Waals surface area contributed by atoms with E-state index in [2.05, 4.69) is 10.0 Å². The number of carbonyl (C=O) groups is 2. The van der Waals surface area contributed by atoms with Gasteiger partial charge in [-0.1, -0.05) is 91.9 Å². The van der Waals surface area contributed by atoms with E-state index in [0.29, 0.717) is 37.2 Å². The Labute approximate surface area is 260 Å². The largest absolute Gasteiger partial charge is 0.497 e. The van der Waals surface area contributed by atoms with Crippen LogP contribution < -0.4 is 14.8 Å². The topological polar surface area (TPSA) is 105 Å². The van der Waals surface area contributed by atoms with Crippen LogP contribution in [-0.2, 0) is 39.0 Å². The number of rotatable bonds is 15. The summed E-state index contributed by atoms with van der Waals surface area (Å²) in [5, 5.41) is 3.06. The summed E-state index contributed by atoms with van der Waals surface area (Å²) in [7, 11) is -1.97. The van der Waals surface area contributed by atoms with Crippen LogP contribution in [0.2, 0.25) is 0 Å². The second kappa shape index (κ2) is 15.8. The molecule has 9 heteroatoms. The van der Waals surface area contributed by atoms with Gasteiger partial charge in [0, 0.05) is 26.1 Å². The molecular weight excluding hydrogens is 574 g/mol. The monoisotopic (exact) mass is 613 g/mol. The number of methoxy groups -OCH3 is 1. The number of aryl methyl sites for hydroxylation is 1. The Kier molecular flexibility index (Phi) is 11.7. The number of nitrogens with zero attached hydrogens (tertiary/aromatic N) is 1. The molecule has 4 aromatic carbocycles. The molecule has 4 aromatic rings. The highest BCUT2D eigenvalue weighted by Gasteiger charge is 2.31. The summed E-state index contributed by atoms with van der Waals surface area (Å²) in [6.45, 7) is 2.67. The van der Waals surface area contributed by atoms with Gasteiger partial charge in [0.2, 0.25) is 21.8 Å². The average Bonchev–Trinajstić information content (AvgIpc) is 3.05. The molecule has 230 valence electrons. The van der Waals surface area contributed by atoms with E-state index in [1.807, 2.05) is 84.9 Å². The summed E-state index contributed by atoms with van der Waals surface area (Å²) < 4.78 is 32.4. The van der Waals surface area contributed by atoms with Gasteiger partial charge >= 0.3 is 0 Å². The molecule has 0 aliphatic heterocycles. The molecule has 0 saturated carbocycles. The first kappa shape index (κ1) is 32.4. The van der Waals surface area contributed by atoms with Crippen molar-refractivity contribution in [2.45, 2.75) is 43.7 Å². The lowest BCUT2D eigenvalue weighted by Gasteiger charge is -2.32. The van der Waals surface area contributed by atoms with Crippen LogP contribution in [0.4, 0.5) is 0 Å². The Hall–Kier alpha value is -4.47. The minimum absolute atomic E-state index is 0.135. The third-order valence-corrected chi connectivity index (χ3v) is 8.82. The number of ether oxygens (including phenoxy) is 1. The molecule has 4 rings (SSSR count). The molecule has 0 bridgehead atoms. The molecule has 2 N–H and O–H groups in total. The van der Waals surface area contributed by atoms with Gasteiger partial charge in [-0.2, -0.15) is 0 Å². The number of carbonyl (C=O) groups excluding carboxylic acids is 2. The third kappa shape index (κ3) is 9.02. The Balaban J connectivity index is 1.57. The van der Waals surface area contributed by atoms with Gasteiger partial charge in [0.25, 0.3) is 0 Å². The zero-order valence-electron chi connectivity index (χ0n) is 25.1. The number of benzene rings is 4. The number of amides is 2. The zero-order chi connectivity index (χ0) is 31.4. The fraction of sp³-hybridized carbons (Fsp3) is 0.257. The highest BCUT2D eigenvalue weighted by Crippen LogP contribution is 2.26. The smallest absolute Gasteiger partial charge is 0.247 e. The van der Waals surface area contributed by atoms with Crippen molar-refractivity contribution in [1.82, 2.24) is 14.9 Å². The van der Waals surface area contributed by atoms with E-state index < -0.39 is 16.1 Å². The quantitative estimate of drug-likeness (QED) is 0.195. The Bertz CT molecular complexity index is 1590. The van der Waals surface area contributed by atoms with Crippen molar-refractivity contribution in [2.24, 2.45) is 0 Å². The van der Waals surface area contributed by atoms with Crippen molar-refractivity contribution >= 4 is 21.8 Å². The average molecular weight is 614 g/mol. The van der Waals surface area contributed by atoms with E-state index in [4.69, 9.17) is 4.74 Å². The van der Waals surface area contributed by atoms with Gasteiger partial charge in [-0.3, -0.25) is 9.59 Å². The maximum atomic E-state index is 14.0. The molecule has 0 heterocycles. The van der Waals surface area contributed by atoms with Crippen LogP contribution in [0.15, 0.2) is 114 Å². The van der Waals surface area contributed by atoms with Gasteiger partial charge in [-0.05, 0) is 59.4 Å². The molecule has 0 unspecified atom stereocenters. The summed E-state index contributed by atoms with van der Waals surface area (Å²) in [6, 6.07) is 32.3. The molecule has 8 nitrogen and oxygen atoms in total. The zero-order valence-corrected chi connectivity index (χ0v) is 25.9. The van der Waals surface area contributed by atoms with Crippen molar-refractivity contribution in [1.29, 1.82) is 0 Å². The highest BCUT2D eigenvalue weighted by atomic mass is 32.2. The van der Waals surface area contributed by atoms with Gasteiger partial charge in [0.1, 0.15) is 11.8 Å². The fourth-order valence-electron chi connectivity index (χ4n) is 4.93. The van der Waals surface area contributed by atoms with Gasteiger partial charge in [0.15, 0.2) is 0 Å². The number of nitrogens with one attached hydrogen (secondary N) is 2. The lowest BCUT2D eigenvalue weighted by Crippen LogP contribution is -2.44. The van der Waals surface area contributed by atoms with E-state index >= 15 is 0 Å². The van der Waals surface area contributed by atoms with Crippen LogP contribution in [0.1, 0.15) is 41.6 Å². The van der Waals surface area contributed by atoms with Gasteiger partial charge in [-0.15, -0.1) is 0 Å². The van der Waals surface area contributed by atoms with Gasteiger partial charge < -0.3 is 15.0 Å². The Morgan fingerprint density at radius 2 is 1.36 bits per heavy atom. The molecule has 1 atom stereocenters.